The number of sulfonamides is 1. The normalized spacial score (nSPS) is 14.2. The lowest BCUT2D eigenvalue weighted by atomic mass is 9.99. The summed E-state index contributed by atoms with van der Waals surface area (Å²) < 4.78 is 27.5. The molecular formula is C22H30ClN3O4S. The van der Waals surface area contributed by atoms with Gasteiger partial charge < -0.3 is 0 Å². The Bertz CT molecular complexity index is 994. The fourth-order valence-electron chi connectivity index (χ4n) is 3.69. The van der Waals surface area contributed by atoms with Gasteiger partial charge in [-0.15, -0.1) is 12.4 Å². The van der Waals surface area contributed by atoms with Crippen LogP contribution in [0.2, 0.25) is 0 Å². The minimum atomic E-state index is -3.49. The molecule has 170 valence electrons. The summed E-state index contributed by atoms with van der Waals surface area (Å²) in [6.45, 7) is 6.99. The van der Waals surface area contributed by atoms with E-state index in [-0.39, 0.29) is 23.0 Å². The van der Waals surface area contributed by atoms with Crippen molar-refractivity contribution in [1.82, 2.24) is 9.62 Å². The summed E-state index contributed by atoms with van der Waals surface area (Å²) in [4.78, 5) is 13.2. The zero-order valence-corrected chi connectivity index (χ0v) is 19.5. The first-order valence-electron chi connectivity index (χ1n) is 10.3. The van der Waals surface area contributed by atoms with Crippen LogP contribution in [0.4, 0.5) is 5.69 Å². The number of non-ortho nitro benzene ring substituents is 1. The number of nitrogens with zero attached hydrogens (tertiary/aromatic N) is 2. The lowest BCUT2D eigenvalue weighted by molar-refractivity contribution is -0.385. The van der Waals surface area contributed by atoms with Crippen LogP contribution in [0.25, 0.3) is 0 Å². The van der Waals surface area contributed by atoms with Crippen LogP contribution in [0.1, 0.15) is 49.3 Å². The Hall–Kier alpha value is -2.00. The predicted molar refractivity (Wildman–Crippen MR) is 124 cm³/mol. The van der Waals surface area contributed by atoms with Gasteiger partial charge in [0, 0.05) is 31.8 Å². The average Bonchev–Trinajstić information content (AvgIpc) is 2.72. The number of hydrogen-bond donors (Lipinski definition) is 1. The molecule has 9 heteroatoms. The van der Waals surface area contributed by atoms with Gasteiger partial charge >= 0.3 is 0 Å². The summed E-state index contributed by atoms with van der Waals surface area (Å²) in [5, 5.41) is 11.0. The number of rotatable bonds is 9. The van der Waals surface area contributed by atoms with Crippen molar-refractivity contribution < 1.29 is 13.3 Å². The molecule has 0 aromatic heterocycles. The van der Waals surface area contributed by atoms with Gasteiger partial charge in [-0.05, 0) is 60.5 Å². The Morgan fingerprint density at radius 2 is 1.81 bits per heavy atom. The molecule has 2 aromatic rings. The van der Waals surface area contributed by atoms with Gasteiger partial charge in [-0.3, -0.25) is 15.0 Å². The maximum Gasteiger partial charge on any atom is 0.269 e. The van der Waals surface area contributed by atoms with Gasteiger partial charge in [-0.25, -0.2) is 13.1 Å². The molecule has 1 aliphatic rings. The van der Waals surface area contributed by atoms with Crippen molar-refractivity contribution >= 4 is 28.1 Å². The Morgan fingerprint density at radius 3 is 2.45 bits per heavy atom. The van der Waals surface area contributed by atoms with Crippen LogP contribution >= 0.6 is 12.4 Å². The molecule has 0 saturated carbocycles. The molecule has 0 fully saturated rings. The second kappa shape index (κ2) is 11.0. The van der Waals surface area contributed by atoms with E-state index in [1.807, 2.05) is 18.2 Å². The van der Waals surface area contributed by atoms with E-state index in [0.29, 0.717) is 23.9 Å². The van der Waals surface area contributed by atoms with Crippen LogP contribution in [-0.4, -0.2) is 37.9 Å². The third-order valence-corrected chi connectivity index (χ3v) is 7.02. The van der Waals surface area contributed by atoms with E-state index in [1.165, 1.54) is 5.56 Å². The van der Waals surface area contributed by atoms with Gasteiger partial charge in [0.05, 0.1) is 9.82 Å². The number of nitro benzene ring substituents is 1. The number of benzene rings is 2. The van der Waals surface area contributed by atoms with Crippen molar-refractivity contribution in [2.24, 2.45) is 0 Å². The van der Waals surface area contributed by atoms with Crippen LogP contribution in [0.15, 0.2) is 47.4 Å². The SMILES string of the molecule is CC(C)c1ccc(S(=O)(=O)NCCCCN2CCc3ccc([N+](=O)[O-])cc3C2)cc1.Cl. The first-order chi connectivity index (χ1) is 14.3. The summed E-state index contributed by atoms with van der Waals surface area (Å²) >= 11 is 0. The van der Waals surface area contributed by atoms with Gasteiger partial charge in [0.25, 0.3) is 5.69 Å². The topological polar surface area (TPSA) is 92.6 Å². The van der Waals surface area contributed by atoms with Crippen LogP contribution in [0, 0.1) is 10.1 Å². The Morgan fingerprint density at radius 1 is 1.10 bits per heavy atom. The van der Waals surface area contributed by atoms with Gasteiger partial charge in [0.1, 0.15) is 0 Å². The van der Waals surface area contributed by atoms with E-state index in [1.54, 1.807) is 24.3 Å². The van der Waals surface area contributed by atoms with Crippen molar-refractivity contribution in [3.63, 3.8) is 0 Å². The first kappa shape index (κ1) is 25.3. The maximum absolute atomic E-state index is 12.4. The summed E-state index contributed by atoms with van der Waals surface area (Å²) in [5.41, 5.74) is 3.43. The molecule has 1 N–H and O–H groups in total. The molecule has 0 aliphatic carbocycles. The molecule has 0 unspecified atom stereocenters. The van der Waals surface area contributed by atoms with E-state index in [9.17, 15) is 18.5 Å². The number of unbranched alkanes of at least 4 members (excludes halogenated alkanes) is 1. The number of hydrogen-bond acceptors (Lipinski definition) is 5. The minimum absolute atomic E-state index is 0. The van der Waals surface area contributed by atoms with E-state index in [0.717, 1.165) is 43.5 Å². The largest absolute Gasteiger partial charge is 0.299 e. The Labute approximate surface area is 190 Å². The molecule has 0 radical (unpaired) electrons. The molecule has 1 aliphatic heterocycles. The zero-order chi connectivity index (χ0) is 21.7. The molecular weight excluding hydrogens is 438 g/mol. The molecule has 7 nitrogen and oxygen atoms in total. The summed E-state index contributed by atoms with van der Waals surface area (Å²) in [6.07, 6.45) is 2.48. The van der Waals surface area contributed by atoms with Gasteiger partial charge in [-0.2, -0.15) is 0 Å². The average molecular weight is 468 g/mol. The second-order valence-electron chi connectivity index (χ2n) is 8.06. The van der Waals surface area contributed by atoms with Gasteiger partial charge in [-0.1, -0.05) is 32.0 Å². The Kier molecular flexibility index (Phi) is 9.00. The highest BCUT2D eigenvalue weighted by Crippen LogP contribution is 2.24. The lowest BCUT2D eigenvalue weighted by Gasteiger charge is -2.28. The fourth-order valence-corrected chi connectivity index (χ4v) is 4.76. The molecule has 0 amide bonds. The van der Waals surface area contributed by atoms with Crippen molar-refractivity contribution in [3.05, 3.63) is 69.3 Å². The molecule has 0 spiro atoms. The zero-order valence-electron chi connectivity index (χ0n) is 17.9. The van der Waals surface area contributed by atoms with Gasteiger partial charge in [0.2, 0.25) is 10.0 Å². The van der Waals surface area contributed by atoms with E-state index in [2.05, 4.69) is 23.5 Å². The maximum atomic E-state index is 12.4. The molecule has 2 aromatic carbocycles. The Balaban J connectivity index is 0.00000341. The summed E-state index contributed by atoms with van der Waals surface area (Å²) in [6, 6.07) is 12.1. The van der Waals surface area contributed by atoms with Crippen LogP contribution in [-0.2, 0) is 23.0 Å². The van der Waals surface area contributed by atoms with Crippen molar-refractivity contribution in [3.8, 4) is 0 Å². The highest BCUT2D eigenvalue weighted by molar-refractivity contribution is 7.89. The number of halogens is 1. The quantitative estimate of drug-likeness (QED) is 0.338. The third kappa shape index (κ3) is 6.74. The van der Waals surface area contributed by atoms with E-state index in [4.69, 9.17) is 0 Å². The molecule has 0 saturated heterocycles. The van der Waals surface area contributed by atoms with Crippen LogP contribution in [0.3, 0.4) is 0 Å². The van der Waals surface area contributed by atoms with Crippen molar-refractivity contribution in [1.29, 1.82) is 0 Å². The molecule has 0 bridgehead atoms. The fraction of sp³-hybridized carbons (Fsp3) is 0.455. The van der Waals surface area contributed by atoms with E-state index < -0.39 is 10.0 Å². The first-order valence-corrected chi connectivity index (χ1v) is 11.8. The number of fused-ring (bicyclic) bond motifs is 1. The smallest absolute Gasteiger partial charge is 0.269 e. The molecule has 0 atom stereocenters. The van der Waals surface area contributed by atoms with Crippen LogP contribution in [0.5, 0.6) is 0 Å². The van der Waals surface area contributed by atoms with Crippen LogP contribution < -0.4 is 4.72 Å². The number of nitro groups is 1. The molecule has 31 heavy (non-hydrogen) atoms. The predicted octanol–water partition coefficient (Wildman–Crippen LogP) is 4.26. The standard InChI is InChI=1S/C22H29N3O4S.ClH/c1-17(2)18-6-9-22(10-7-18)30(28,29)23-12-3-4-13-24-14-11-19-5-8-21(25(26)27)15-20(19)16-24;/h5-10,15,17,23H,3-4,11-14,16H2,1-2H3;1H. The third-order valence-electron chi connectivity index (χ3n) is 5.54. The van der Waals surface area contributed by atoms with E-state index >= 15 is 0 Å². The summed E-state index contributed by atoms with van der Waals surface area (Å²) in [5.74, 6) is 0.364. The second-order valence-corrected chi connectivity index (χ2v) is 9.83. The van der Waals surface area contributed by atoms with Gasteiger partial charge in [0.15, 0.2) is 0 Å². The monoisotopic (exact) mass is 467 g/mol. The highest BCUT2D eigenvalue weighted by Gasteiger charge is 2.19. The minimum Gasteiger partial charge on any atom is -0.299 e. The lowest BCUT2D eigenvalue weighted by Crippen LogP contribution is -2.32. The highest BCUT2D eigenvalue weighted by atomic mass is 35.5. The number of nitrogens with one attached hydrogen (secondary N) is 1. The molecule has 1 heterocycles. The summed E-state index contributed by atoms with van der Waals surface area (Å²) in [7, 11) is -3.49. The van der Waals surface area contributed by atoms with Crippen molar-refractivity contribution in [2.75, 3.05) is 19.6 Å². The van der Waals surface area contributed by atoms with Crippen molar-refractivity contribution in [2.45, 2.75) is 50.5 Å². The molecule has 3 rings (SSSR count).